The van der Waals surface area contributed by atoms with Gasteiger partial charge in [-0.05, 0) is 104 Å². The molecule has 1 unspecified atom stereocenters. The summed E-state index contributed by atoms with van der Waals surface area (Å²) in [6.07, 6.45) is 13.3. The van der Waals surface area contributed by atoms with Gasteiger partial charge in [0, 0.05) is 19.5 Å². The van der Waals surface area contributed by atoms with Crippen molar-refractivity contribution in [2.24, 2.45) is 34.5 Å². The second-order valence-electron chi connectivity index (χ2n) is 10.6. The molecule has 4 fully saturated rings. The van der Waals surface area contributed by atoms with E-state index in [1.165, 1.54) is 62.9 Å². The molecule has 0 aromatic heterocycles. The number of fused-ring (bicyclic) bond motifs is 5. The molecule has 0 N–H and O–H groups in total. The highest BCUT2D eigenvalue weighted by Crippen LogP contribution is 2.66. The van der Waals surface area contributed by atoms with Crippen LogP contribution in [0.1, 0.15) is 85.0 Å². The highest BCUT2D eigenvalue weighted by molar-refractivity contribution is 7.99. The number of rotatable bonds is 5. The SMILES string of the molecule is CCSCCCC1CC[C@H]2[C@@H]3CC[C@H]4N(C)C(=O)CC[C@]4(C)[C@H]3CC[C@]12C. The summed E-state index contributed by atoms with van der Waals surface area (Å²) >= 11 is 2.12. The van der Waals surface area contributed by atoms with Crippen LogP contribution < -0.4 is 0 Å². The number of likely N-dealkylation sites (tertiary alicyclic amines) is 1. The second-order valence-corrected chi connectivity index (χ2v) is 12.0. The van der Waals surface area contributed by atoms with Crippen molar-refractivity contribution >= 4 is 17.7 Å². The van der Waals surface area contributed by atoms with Gasteiger partial charge in [-0.15, -0.1) is 0 Å². The zero-order chi connectivity index (χ0) is 19.2. The first kappa shape index (κ1) is 20.1. The maximum atomic E-state index is 12.3. The minimum Gasteiger partial charge on any atom is -0.342 e. The quantitative estimate of drug-likeness (QED) is 0.536. The third-order valence-corrected chi connectivity index (χ3v) is 10.8. The average Bonchev–Trinajstić information content (AvgIpc) is 2.99. The van der Waals surface area contributed by atoms with Crippen LogP contribution in [0.25, 0.3) is 0 Å². The van der Waals surface area contributed by atoms with Crippen LogP contribution in [-0.2, 0) is 4.79 Å². The number of amides is 1. The summed E-state index contributed by atoms with van der Waals surface area (Å²) in [5.41, 5.74) is 0.986. The van der Waals surface area contributed by atoms with Gasteiger partial charge >= 0.3 is 0 Å². The Kier molecular flexibility index (Phi) is 5.64. The van der Waals surface area contributed by atoms with Crippen molar-refractivity contribution in [2.75, 3.05) is 18.6 Å². The normalized spacial score (nSPS) is 46.7. The lowest BCUT2D eigenvalue weighted by atomic mass is 9.46. The Morgan fingerprint density at radius 1 is 1.04 bits per heavy atom. The number of carbonyl (C=O) groups is 1. The lowest BCUT2D eigenvalue weighted by molar-refractivity contribution is -0.158. The Hall–Kier alpha value is -0.180. The molecule has 3 aliphatic carbocycles. The molecular weight excluding hydrogens is 350 g/mol. The number of nitrogens with zero attached hydrogens (tertiary/aromatic N) is 1. The van der Waals surface area contributed by atoms with Crippen LogP contribution in [0, 0.1) is 34.5 Å². The summed E-state index contributed by atoms with van der Waals surface area (Å²) in [6, 6.07) is 0.507. The molecule has 154 valence electrons. The Morgan fingerprint density at radius 2 is 1.81 bits per heavy atom. The number of hydrogen-bond acceptors (Lipinski definition) is 2. The van der Waals surface area contributed by atoms with Gasteiger partial charge in [0.1, 0.15) is 0 Å². The minimum atomic E-state index is 0.378. The van der Waals surface area contributed by atoms with Crippen molar-refractivity contribution in [1.82, 2.24) is 4.90 Å². The second kappa shape index (κ2) is 7.58. The molecule has 0 bridgehead atoms. The molecule has 4 aliphatic rings. The van der Waals surface area contributed by atoms with Crippen molar-refractivity contribution in [2.45, 2.75) is 91.0 Å². The van der Waals surface area contributed by atoms with Crippen LogP contribution in [-0.4, -0.2) is 35.4 Å². The van der Waals surface area contributed by atoms with Crippen molar-refractivity contribution in [3.05, 3.63) is 0 Å². The summed E-state index contributed by atoms with van der Waals surface area (Å²) in [7, 11) is 2.08. The number of hydrogen-bond donors (Lipinski definition) is 0. The van der Waals surface area contributed by atoms with E-state index in [0.29, 0.717) is 22.8 Å². The van der Waals surface area contributed by atoms with Gasteiger partial charge in [-0.3, -0.25) is 4.79 Å². The van der Waals surface area contributed by atoms with Gasteiger partial charge in [-0.2, -0.15) is 11.8 Å². The number of piperidine rings is 1. The summed E-state index contributed by atoms with van der Waals surface area (Å²) < 4.78 is 0. The Morgan fingerprint density at radius 3 is 2.59 bits per heavy atom. The lowest BCUT2D eigenvalue weighted by Crippen LogP contribution is -2.61. The van der Waals surface area contributed by atoms with Gasteiger partial charge in [-0.1, -0.05) is 20.8 Å². The summed E-state index contributed by atoms with van der Waals surface area (Å²) in [6.45, 7) is 7.50. The maximum Gasteiger partial charge on any atom is 0.222 e. The van der Waals surface area contributed by atoms with Gasteiger partial charge in [0.05, 0.1) is 0 Å². The first-order valence-corrected chi connectivity index (χ1v) is 12.9. The largest absolute Gasteiger partial charge is 0.342 e. The van der Waals surface area contributed by atoms with Gasteiger partial charge < -0.3 is 4.90 Å². The Balaban J connectivity index is 1.48. The van der Waals surface area contributed by atoms with E-state index in [9.17, 15) is 4.79 Å². The van der Waals surface area contributed by atoms with E-state index in [2.05, 4.69) is 44.5 Å². The van der Waals surface area contributed by atoms with E-state index in [-0.39, 0.29) is 0 Å². The molecule has 1 aliphatic heterocycles. The molecule has 0 radical (unpaired) electrons. The zero-order valence-corrected chi connectivity index (χ0v) is 19.0. The highest BCUT2D eigenvalue weighted by Gasteiger charge is 2.60. The van der Waals surface area contributed by atoms with Crippen LogP contribution in [0.5, 0.6) is 0 Å². The van der Waals surface area contributed by atoms with Crippen LogP contribution in [0.15, 0.2) is 0 Å². The fourth-order valence-corrected chi connectivity index (χ4v) is 8.97. The lowest BCUT2D eigenvalue weighted by Gasteiger charge is -2.62. The molecule has 3 heteroatoms. The molecule has 4 rings (SSSR count). The summed E-state index contributed by atoms with van der Waals surface area (Å²) in [4.78, 5) is 14.4. The molecule has 0 spiro atoms. The van der Waals surface area contributed by atoms with Crippen LogP contribution >= 0.6 is 11.8 Å². The third kappa shape index (κ3) is 3.19. The fourth-order valence-electron chi connectivity index (χ4n) is 8.31. The fraction of sp³-hybridized carbons (Fsp3) is 0.958. The van der Waals surface area contributed by atoms with Gasteiger partial charge in [0.2, 0.25) is 5.91 Å². The maximum absolute atomic E-state index is 12.3. The smallest absolute Gasteiger partial charge is 0.222 e. The van der Waals surface area contributed by atoms with Gasteiger partial charge in [0.25, 0.3) is 0 Å². The van der Waals surface area contributed by atoms with E-state index in [0.717, 1.165) is 36.5 Å². The third-order valence-electron chi connectivity index (χ3n) is 9.80. The molecule has 0 aromatic rings. The molecule has 7 atom stereocenters. The van der Waals surface area contributed by atoms with E-state index in [1.54, 1.807) is 0 Å². The average molecular weight is 392 g/mol. The van der Waals surface area contributed by atoms with Crippen molar-refractivity contribution in [3.63, 3.8) is 0 Å². The first-order valence-electron chi connectivity index (χ1n) is 11.7. The zero-order valence-electron chi connectivity index (χ0n) is 18.1. The molecule has 3 saturated carbocycles. The molecular formula is C24H41NOS. The molecule has 1 amide bonds. The van der Waals surface area contributed by atoms with Crippen molar-refractivity contribution in [3.8, 4) is 0 Å². The van der Waals surface area contributed by atoms with Gasteiger partial charge in [0.15, 0.2) is 0 Å². The Bertz CT molecular complexity index is 565. The molecule has 27 heavy (non-hydrogen) atoms. The number of carbonyl (C=O) groups excluding carboxylic acids is 1. The van der Waals surface area contributed by atoms with E-state index in [4.69, 9.17) is 0 Å². The molecule has 1 saturated heterocycles. The first-order chi connectivity index (χ1) is 12.9. The summed E-state index contributed by atoms with van der Waals surface area (Å²) in [5, 5.41) is 0. The van der Waals surface area contributed by atoms with Gasteiger partial charge in [-0.25, -0.2) is 0 Å². The van der Waals surface area contributed by atoms with E-state index in [1.807, 2.05) is 0 Å². The van der Waals surface area contributed by atoms with E-state index >= 15 is 0 Å². The topological polar surface area (TPSA) is 20.3 Å². The predicted molar refractivity (Wildman–Crippen MR) is 116 cm³/mol. The highest BCUT2D eigenvalue weighted by atomic mass is 32.2. The van der Waals surface area contributed by atoms with Crippen LogP contribution in [0.3, 0.4) is 0 Å². The molecule has 2 nitrogen and oxygen atoms in total. The predicted octanol–water partition coefficient (Wildman–Crippen LogP) is 6.00. The van der Waals surface area contributed by atoms with Crippen LogP contribution in [0.2, 0.25) is 0 Å². The Labute approximate surface area is 171 Å². The van der Waals surface area contributed by atoms with Crippen molar-refractivity contribution < 1.29 is 4.79 Å². The van der Waals surface area contributed by atoms with E-state index < -0.39 is 0 Å². The standard InChI is InChI=1S/C24H41NOS/c1-5-27-16-6-7-17-8-10-19-18-9-11-21-24(3,15-13-22(26)25(21)4)20(18)12-14-23(17,19)2/h17-21H,5-16H2,1-4H3/t17?,18-,19-,20-,21+,23+,24+/m0/s1. The molecule has 0 aromatic carbocycles. The number of thioether (sulfide) groups is 1. The monoisotopic (exact) mass is 391 g/mol. The van der Waals surface area contributed by atoms with Crippen molar-refractivity contribution in [1.29, 1.82) is 0 Å². The van der Waals surface area contributed by atoms with Crippen LogP contribution in [0.4, 0.5) is 0 Å². The molecule has 1 heterocycles. The minimum absolute atomic E-state index is 0.378. The summed E-state index contributed by atoms with van der Waals surface area (Å²) in [5.74, 6) is 6.75.